The number of nitrogens with two attached hydrogens (primary N) is 1. The fraction of sp³-hybridized carbons (Fsp3) is 0.286. The van der Waals surface area contributed by atoms with E-state index < -0.39 is 11.9 Å². The van der Waals surface area contributed by atoms with Gasteiger partial charge < -0.3 is 11.1 Å². The van der Waals surface area contributed by atoms with Gasteiger partial charge in [0.1, 0.15) is 6.04 Å². The van der Waals surface area contributed by atoms with Crippen LogP contribution in [0, 0.1) is 12.3 Å². The van der Waals surface area contributed by atoms with Crippen molar-refractivity contribution in [3.63, 3.8) is 0 Å². The molecule has 0 saturated heterocycles. The molecule has 0 saturated carbocycles. The van der Waals surface area contributed by atoms with Crippen molar-refractivity contribution in [1.82, 2.24) is 5.32 Å². The van der Waals surface area contributed by atoms with Crippen LogP contribution in [-0.4, -0.2) is 17.9 Å². The Kier molecular flexibility index (Phi) is 5.91. The monoisotopic (exact) mass is 278 g/mol. The van der Waals surface area contributed by atoms with Crippen LogP contribution in [0.4, 0.5) is 0 Å². The summed E-state index contributed by atoms with van der Waals surface area (Å²) in [5, 5.41) is 3.12. The zero-order valence-electron chi connectivity index (χ0n) is 10.4. The molecule has 0 aliphatic heterocycles. The lowest BCUT2D eigenvalue weighted by atomic mass is 10.1. The first-order chi connectivity index (χ1) is 9.04. The van der Waals surface area contributed by atoms with E-state index in [0.29, 0.717) is 29.8 Å². The number of primary amides is 1. The first kappa shape index (κ1) is 15.1. The summed E-state index contributed by atoms with van der Waals surface area (Å²) in [6, 6.07) is 5.66. The largest absolute Gasteiger partial charge is 0.368 e. The van der Waals surface area contributed by atoms with Gasteiger partial charge in [-0.2, -0.15) is 0 Å². The predicted molar refractivity (Wildman–Crippen MR) is 74.6 cm³/mol. The molecular formula is C14H15ClN2O2. The van der Waals surface area contributed by atoms with Gasteiger partial charge in [0.05, 0.1) is 0 Å². The van der Waals surface area contributed by atoms with Gasteiger partial charge in [-0.25, -0.2) is 0 Å². The Labute approximate surface area is 117 Å². The number of unbranched alkanes of at least 4 members (excludes halogenated alkanes) is 1. The van der Waals surface area contributed by atoms with E-state index in [1.54, 1.807) is 24.3 Å². The molecule has 1 aromatic carbocycles. The van der Waals surface area contributed by atoms with Crippen LogP contribution in [0.1, 0.15) is 29.6 Å². The van der Waals surface area contributed by atoms with Crippen LogP contribution >= 0.6 is 11.6 Å². The predicted octanol–water partition coefficient (Wildman–Crippen LogP) is 1.73. The molecule has 0 aliphatic carbocycles. The Bertz CT molecular complexity index is 491. The number of hydrogen-bond acceptors (Lipinski definition) is 2. The molecule has 0 fully saturated rings. The minimum atomic E-state index is -0.712. The highest BCUT2D eigenvalue weighted by Gasteiger charge is 2.18. The normalized spacial score (nSPS) is 11.4. The van der Waals surface area contributed by atoms with Gasteiger partial charge in [0.2, 0.25) is 5.91 Å². The SMILES string of the molecule is C#CCCC[C@H](NC(=O)c1ccc(Cl)cc1)C(N)=O. The van der Waals surface area contributed by atoms with Crippen LogP contribution in [0.5, 0.6) is 0 Å². The van der Waals surface area contributed by atoms with E-state index in [4.69, 9.17) is 23.8 Å². The summed E-state index contributed by atoms with van der Waals surface area (Å²) in [7, 11) is 0. The lowest BCUT2D eigenvalue weighted by molar-refractivity contribution is -0.120. The minimum Gasteiger partial charge on any atom is -0.368 e. The third-order valence-corrected chi connectivity index (χ3v) is 2.82. The van der Waals surface area contributed by atoms with Gasteiger partial charge in [-0.15, -0.1) is 12.3 Å². The molecule has 3 N–H and O–H groups in total. The maximum Gasteiger partial charge on any atom is 0.251 e. The molecule has 100 valence electrons. The molecule has 0 radical (unpaired) electrons. The molecule has 1 rings (SSSR count). The van der Waals surface area contributed by atoms with Crippen LogP contribution in [0.3, 0.4) is 0 Å². The average Bonchev–Trinajstić information content (AvgIpc) is 2.38. The van der Waals surface area contributed by atoms with Crippen LogP contribution < -0.4 is 11.1 Å². The number of halogens is 1. The summed E-state index contributed by atoms with van der Waals surface area (Å²) >= 11 is 5.73. The van der Waals surface area contributed by atoms with E-state index in [1.165, 1.54) is 0 Å². The molecule has 0 spiro atoms. The topological polar surface area (TPSA) is 72.2 Å². The Morgan fingerprint density at radius 3 is 2.53 bits per heavy atom. The zero-order chi connectivity index (χ0) is 14.3. The van der Waals surface area contributed by atoms with E-state index in [2.05, 4.69) is 11.2 Å². The molecule has 2 amide bonds. The molecule has 5 heteroatoms. The van der Waals surface area contributed by atoms with Crippen molar-refractivity contribution in [1.29, 1.82) is 0 Å². The highest BCUT2D eigenvalue weighted by Crippen LogP contribution is 2.10. The third kappa shape index (κ3) is 5.02. The number of carbonyl (C=O) groups is 2. The average molecular weight is 279 g/mol. The van der Waals surface area contributed by atoms with Gasteiger partial charge in [0.15, 0.2) is 0 Å². The van der Waals surface area contributed by atoms with Crippen LogP contribution in [0.25, 0.3) is 0 Å². The van der Waals surface area contributed by atoms with Crippen molar-refractivity contribution in [3.8, 4) is 12.3 Å². The zero-order valence-corrected chi connectivity index (χ0v) is 11.1. The molecule has 19 heavy (non-hydrogen) atoms. The summed E-state index contributed by atoms with van der Waals surface area (Å²) in [5.41, 5.74) is 5.67. The Morgan fingerprint density at radius 2 is 2.00 bits per heavy atom. The first-order valence-electron chi connectivity index (χ1n) is 5.84. The summed E-state index contributed by atoms with van der Waals surface area (Å²) in [5.74, 6) is 1.54. The van der Waals surface area contributed by atoms with Gasteiger partial charge in [0.25, 0.3) is 5.91 Å². The van der Waals surface area contributed by atoms with Crippen LogP contribution in [0.15, 0.2) is 24.3 Å². The van der Waals surface area contributed by atoms with Crippen molar-refractivity contribution in [2.75, 3.05) is 0 Å². The van der Waals surface area contributed by atoms with E-state index in [0.717, 1.165) is 0 Å². The van der Waals surface area contributed by atoms with Crippen molar-refractivity contribution in [2.45, 2.75) is 25.3 Å². The molecule has 1 aromatic rings. The summed E-state index contributed by atoms with van der Waals surface area (Å²) in [4.78, 5) is 23.2. The Morgan fingerprint density at radius 1 is 1.37 bits per heavy atom. The van der Waals surface area contributed by atoms with Gasteiger partial charge in [0, 0.05) is 17.0 Å². The van der Waals surface area contributed by atoms with E-state index in [-0.39, 0.29) is 5.91 Å². The van der Waals surface area contributed by atoms with Crippen molar-refractivity contribution in [3.05, 3.63) is 34.9 Å². The van der Waals surface area contributed by atoms with E-state index in [1.807, 2.05) is 0 Å². The van der Waals surface area contributed by atoms with Crippen LogP contribution in [0.2, 0.25) is 5.02 Å². The van der Waals surface area contributed by atoms with Gasteiger partial charge >= 0.3 is 0 Å². The molecular weight excluding hydrogens is 264 g/mol. The van der Waals surface area contributed by atoms with Crippen molar-refractivity contribution >= 4 is 23.4 Å². The summed E-state index contributed by atoms with van der Waals surface area (Å²) < 4.78 is 0. The van der Waals surface area contributed by atoms with Crippen molar-refractivity contribution in [2.24, 2.45) is 5.73 Å². The highest BCUT2D eigenvalue weighted by molar-refractivity contribution is 6.30. The maximum absolute atomic E-state index is 11.9. The van der Waals surface area contributed by atoms with Crippen LogP contribution in [-0.2, 0) is 4.79 Å². The third-order valence-electron chi connectivity index (χ3n) is 2.57. The second-order valence-corrected chi connectivity index (χ2v) is 4.47. The molecule has 0 heterocycles. The molecule has 4 nitrogen and oxygen atoms in total. The number of carbonyl (C=O) groups excluding carboxylic acids is 2. The number of amides is 2. The second-order valence-electron chi connectivity index (χ2n) is 4.03. The lowest BCUT2D eigenvalue weighted by Crippen LogP contribution is -2.44. The lowest BCUT2D eigenvalue weighted by Gasteiger charge is -2.14. The minimum absolute atomic E-state index is 0.360. The Balaban J connectivity index is 2.63. The number of nitrogens with one attached hydrogen (secondary N) is 1. The smallest absolute Gasteiger partial charge is 0.251 e. The highest BCUT2D eigenvalue weighted by atomic mass is 35.5. The molecule has 0 aromatic heterocycles. The van der Waals surface area contributed by atoms with Gasteiger partial charge in [-0.05, 0) is 37.1 Å². The molecule has 0 aliphatic rings. The first-order valence-corrected chi connectivity index (χ1v) is 6.21. The quantitative estimate of drug-likeness (QED) is 0.614. The summed E-state index contributed by atoms with van der Waals surface area (Å²) in [6.07, 6.45) is 6.73. The number of benzene rings is 1. The number of hydrogen-bond donors (Lipinski definition) is 2. The molecule has 1 atom stereocenters. The Hall–Kier alpha value is -1.99. The molecule has 0 unspecified atom stereocenters. The fourth-order valence-electron chi connectivity index (χ4n) is 1.54. The number of rotatable bonds is 6. The standard InChI is InChI=1S/C14H15ClN2O2/c1-2-3-4-5-12(13(16)18)17-14(19)10-6-8-11(15)9-7-10/h1,6-9,12H,3-5H2,(H2,16,18)(H,17,19)/t12-/m0/s1. The fourth-order valence-corrected chi connectivity index (χ4v) is 1.66. The summed E-state index contributed by atoms with van der Waals surface area (Å²) in [6.45, 7) is 0. The maximum atomic E-state index is 11.9. The van der Waals surface area contributed by atoms with E-state index >= 15 is 0 Å². The number of terminal acetylenes is 1. The van der Waals surface area contributed by atoms with E-state index in [9.17, 15) is 9.59 Å². The van der Waals surface area contributed by atoms with Gasteiger partial charge in [-0.1, -0.05) is 11.6 Å². The second kappa shape index (κ2) is 7.45. The van der Waals surface area contributed by atoms with Gasteiger partial charge in [-0.3, -0.25) is 9.59 Å². The van der Waals surface area contributed by atoms with Crippen molar-refractivity contribution < 1.29 is 9.59 Å². The molecule has 0 bridgehead atoms.